The summed E-state index contributed by atoms with van der Waals surface area (Å²) >= 11 is 0. The highest BCUT2D eigenvalue weighted by molar-refractivity contribution is 4.59. The van der Waals surface area contributed by atoms with Crippen molar-refractivity contribution < 1.29 is 18.7 Å². The van der Waals surface area contributed by atoms with Gasteiger partial charge in [0.15, 0.2) is 0 Å². The average Bonchev–Trinajstić information content (AvgIpc) is 2.98. The van der Waals surface area contributed by atoms with E-state index >= 15 is 0 Å². The molecule has 0 unspecified atom stereocenters. The Kier molecular flexibility index (Phi) is 31.7. The van der Waals surface area contributed by atoms with Crippen LogP contribution in [0, 0.1) is 0 Å². The number of nitrogens with zero attached hydrogens (tertiary/aromatic N) is 1. The van der Waals surface area contributed by atoms with Gasteiger partial charge in [-0.1, -0.05) is 142 Å². The lowest BCUT2D eigenvalue weighted by Gasteiger charge is -2.32. The van der Waals surface area contributed by atoms with Crippen molar-refractivity contribution in [2.24, 2.45) is 0 Å². The molecule has 0 aliphatic carbocycles. The van der Waals surface area contributed by atoms with Crippen molar-refractivity contribution in [3.8, 4) is 0 Å². The summed E-state index contributed by atoms with van der Waals surface area (Å²) in [5.41, 5.74) is 0. The maximum Gasteiger partial charge on any atom is 0.282 e. The van der Waals surface area contributed by atoms with Crippen LogP contribution >= 0.6 is 0 Å². The van der Waals surface area contributed by atoms with E-state index in [1.807, 2.05) is 20.8 Å². The Morgan fingerprint density at radius 3 is 0.884 bits per heavy atom. The molecule has 0 aromatic rings. The van der Waals surface area contributed by atoms with Gasteiger partial charge in [0.25, 0.3) is 5.97 Å². The average molecular weight is 613 g/mol. The Balaban J connectivity index is 3.49. The van der Waals surface area contributed by atoms with Gasteiger partial charge in [-0.25, -0.2) is 0 Å². The molecule has 0 N–H and O–H groups in total. The summed E-state index contributed by atoms with van der Waals surface area (Å²) in [5, 5.41) is 0. The first-order valence-electron chi connectivity index (χ1n) is 19.7. The molecule has 0 aromatic heterocycles. The Hall–Kier alpha value is -0.160. The number of hydrogen-bond acceptors (Lipinski definition) is 3. The van der Waals surface area contributed by atoms with Crippen LogP contribution < -0.4 is 0 Å². The summed E-state index contributed by atoms with van der Waals surface area (Å²) in [6.07, 6.45) is 37.5. The molecule has 0 bridgehead atoms. The summed E-state index contributed by atoms with van der Waals surface area (Å²) in [5.74, 6) is -0.822. The lowest BCUT2D eigenvalue weighted by molar-refractivity contribution is -0.890. The van der Waals surface area contributed by atoms with Gasteiger partial charge >= 0.3 is 0 Å². The van der Waals surface area contributed by atoms with Gasteiger partial charge in [0.1, 0.15) is 0 Å². The van der Waals surface area contributed by atoms with Crippen molar-refractivity contribution in [2.45, 2.75) is 207 Å². The van der Waals surface area contributed by atoms with Crippen LogP contribution in [0.2, 0.25) is 0 Å². The number of hydrogen-bond donors (Lipinski definition) is 0. The van der Waals surface area contributed by atoms with E-state index in [1.54, 1.807) is 0 Å². The number of quaternary nitrogens is 1. The van der Waals surface area contributed by atoms with Crippen LogP contribution in [0.1, 0.15) is 201 Å². The van der Waals surface area contributed by atoms with Gasteiger partial charge in [-0.3, -0.25) is 0 Å². The maximum atomic E-state index is 5.84. The largest absolute Gasteiger partial charge is 0.328 e. The van der Waals surface area contributed by atoms with E-state index in [1.165, 1.54) is 178 Å². The van der Waals surface area contributed by atoms with E-state index in [2.05, 4.69) is 21.0 Å². The van der Waals surface area contributed by atoms with E-state index in [-0.39, 0.29) is 0 Å². The van der Waals surface area contributed by atoms with Crippen molar-refractivity contribution in [1.82, 2.24) is 0 Å². The molecular formula is C39H82NO3+. The molecular weight excluding hydrogens is 530 g/mol. The fourth-order valence-electron chi connectivity index (χ4n) is 6.50. The molecule has 0 saturated carbocycles. The van der Waals surface area contributed by atoms with Crippen molar-refractivity contribution in [3.05, 3.63) is 0 Å². The molecule has 0 atom stereocenters. The first kappa shape index (κ1) is 42.8. The molecule has 4 heteroatoms. The van der Waals surface area contributed by atoms with Gasteiger partial charge in [0.2, 0.25) is 0 Å². The molecule has 260 valence electrons. The normalized spacial score (nSPS) is 12.4. The molecule has 0 heterocycles. The van der Waals surface area contributed by atoms with Gasteiger partial charge in [0, 0.05) is 26.2 Å². The zero-order valence-electron chi connectivity index (χ0n) is 30.8. The Labute approximate surface area is 272 Å². The minimum Gasteiger partial charge on any atom is -0.328 e. The summed E-state index contributed by atoms with van der Waals surface area (Å²) in [6.45, 7) is 12.9. The molecule has 0 fully saturated rings. The highest BCUT2D eigenvalue weighted by atomic mass is 16.9. The van der Waals surface area contributed by atoms with E-state index in [9.17, 15) is 0 Å². The SMILES string of the molecule is CCCCCCCCCCCCCCCCCC[N+](C)(C)CCCCCCCCCCCCC(OCC)(OCC)OCC. The highest BCUT2D eigenvalue weighted by Crippen LogP contribution is 2.24. The molecule has 0 aliphatic rings. The van der Waals surface area contributed by atoms with Gasteiger partial charge < -0.3 is 18.7 Å². The second-order valence-electron chi connectivity index (χ2n) is 14.0. The summed E-state index contributed by atoms with van der Waals surface area (Å²) < 4.78 is 18.7. The van der Waals surface area contributed by atoms with Gasteiger partial charge in [0.05, 0.1) is 27.2 Å². The van der Waals surface area contributed by atoms with Crippen LogP contribution in [-0.2, 0) is 14.2 Å². The van der Waals surface area contributed by atoms with Gasteiger partial charge in [-0.05, 0) is 52.9 Å². The van der Waals surface area contributed by atoms with E-state index in [0.717, 1.165) is 12.8 Å². The first-order chi connectivity index (χ1) is 20.9. The van der Waals surface area contributed by atoms with Crippen LogP contribution in [0.5, 0.6) is 0 Å². The third-order valence-electron chi connectivity index (χ3n) is 9.21. The van der Waals surface area contributed by atoms with Crippen LogP contribution in [0.3, 0.4) is 0 Å². The van der Waals surface area contributed by atoms with Crippen LogP contribution in [0.25, 0.3) is 0 Å². The molecule has 43 heavy (non-hydrogen) atoms. The molecule has 0 aliphatic heterocycles. The van der Waals surface area contributed by atoms with E-state index in [4.69, 9.17) is 14.2 Å². The van der Waals surface area contributed by atoms with Gasteiger partial charge in [-0.2, -0.15) is 0 Å². The van der Waals surface area contributed by atoms with Crippen molar-refractivity contribution in [3.63, 3.8) is 0 Å². The predicted octanol–water partition coefficient (Wildman–Crippen LogP) is 12.4. The number of ether oxygens (including phenoxy) is 3. The molecule has 0 aromatic carbocycles. The number of unbranched alkanes of at least 4 members (excludes halogenated alkanes) is 24. The lowest BCUT2D eigenvalue weighted by Crippen LogP contribution is -2.41. The summed E-state index contributed by atoms with van der Waals surface area (Å²) in [6, 6.07) is 0. The Morgan fingerprint density at radius 1 is 0.349 bits per heavy atom. The highest BCUT2D eigenvalue weighted by Gasteiger charge is 2.31. The zero-order valence-corrected chi connectivity index (χ0v) is 30.8. The smallest absolute Gasteiger partial charge is 0.282 e. The summed E-state index contributed by atoms with van der Waals surface area (Å²) in [4.78, 5) is 0. The Morgan fingerprint density at radius 2 is 0.605 bits per heavy atom. The second kappa shape index (κ2) is 31.8. The molecule has 4 nitrogen and oxygen atoms in total. The van der Waals surface area contributed by atoms with Crippen LogP contribution in [-0.4, -0.2) is 57.5 Å². The molecule has 0 saturated heterocycles. The van der Waals surface area contributed by atoms with Crippen molar-refractivity contribution in [2.75, 3.05) is 47.0 Å². The minimum absolute atomic E-state index is 0.621. The third-order valence-corrected chi connectivity index (χ3v) is 9.21. The minimum atomic E-state index is -0.822. The van der Waals surface area contributed by atoms with Crippen LogP contribution in [0.15, 0.2) is 0 Å². The lowest BCUT2D eigenvalue weighted by atomic mass is 10.0. The zero-order chi connectivity index (χ0) is 31.7. The summed E-state index contributed by atoms with van der Waals surface area (Å²) in [7, 11) is 4.90. The topological polar surface area (TPSA) is 27.7 Å². The second-order valence-corrected chi connectivity index (χ2v) is 14.0. The van der Waals surface area contributed by atoms with Gasteiger partial charge in [-0.15, -0.1) is 0 Å². The third kappa shape index (κ3) is 29.0. The molecule has 0 rings (SSSR count). The quantitative estimate of drug-likeness (QED) is 0.0400. The van der Waals surface area contributed by atoms with E-state index in [0.29, 0.717) is 19.8 Å². The maximum absolute atomic E-state index is 5.84. The van der Waals surface area contributed by atoms with E-state index < -0.39 is 5.97 Å². The number of rotatable bonds is 36. The molecule has 0 radical (unpaired) electrons. The Bertz CT molecular complexity index is 522. The molecule has 0 spiro atoms. The first-order valence-corrected chi connectivity index (χ1v) is 19.7. The van der Waals surface area contributed by atoms with Crippen molar-refractivity contribution >= 4 is 0 Å². The van der Waals surface area contributed by atoms with Crippen LogP contribution in [0.4, 0.5) is 0 Å². The van der Waals surface area contributed by atoms with Crippen molar-refractivity contribution in [1.29, 1.82) is 0 Å². The molecule has 0 amide bonds. The standard InChI is InChI=1S/C39H82NO3/c1-7-11-12-13-14-15-16-17-18-19-20-22-25-28-31-34-37-40(5,6)38-35-32-29-26-23-21-24-27-30-33-36-39(41-8-2,42-9-3)43-10-4/h7-38H2,1-6H3/q+1. The monoisotopic (exact) mass is 613 g/mol. The fourth-order valence-corrected chi connectivity index (χ4v) is 6.50. The predicted molar refractivity (Wildman–Crippen MR) is 190 cm³/mol. The fraction of sp³-hybridized carbons (Fsp3) is 1.00.